The third kappa shape index (κ3) is 23.6. The number of rotatable bonds is 36. The number of nitrogens with one attached hydrogen (secondary N) is 2. The summed E-state index contributed by atoms with van der Waals surface area (Å²) >= 11 is 0. The number of ether oxygens (including phenoxy) is 2. The molecule has 0 saturated heterocycles. The van der Waals surface area contributed by atoms with E-state index in [1.165, 1.54) is 116 Å². The maximum absolute atomic E-state index is 13.0. The standard InChI is InChI=1S/C52H84N2O8Si2/c1-5-7-9-11-13-15-17-19-21-23-37-61-49-41-48(44-29-33-46(34-30-44)52(56)54-36-26-40-64(4,59)60)50(62-38-24-22-20-18-16-14-12-10-8-6-2)42-47(49)43-27-31-45(32-28-43)51(55)53-35-25-39-63(3,57)58/h27-34,41-42,57-60H,5-26,35-40H2,1-4H3,(H,53,55)(H,54,56). The van der Waals surface area contributed by atoms with E-state index in [2.05, 4.69) is 36.6 Å². The van der Waals surface area contributed by atoms with Gasteiger partial charge in [-0.1, -0.05) is 154 Å². The average Bonchev–Trinajstić information content (AvgIpc) is 3.27. The molecule has 0 radical (unpaired) electrons. The molecule has 12 heteroatoms. The summed E-state index contributed by atoms with van der Waals surface area (Å²) in [5.41, 5.74) is 4.57. The molecule has 0 atom stereocenters. The summed E-state index contributed by atoms with van der Waals surface area (Å²) < 4.78 is 13.3. The predicted molar refractivity (Wildman–Crippen MR) is 268 cm³/mol. The van der Waals surface area contributed by atoms with E-state index in [9.17, 15) is 28.8 Å². The van der Waals surface area contributed by atoms with Crippen LogP contribution in [0.4, 0.5) is 0 Å². The summed E-state index contributed by atoms with van der Waals surface area (Å²) in [5.74, 6) is 1.02. The molecule has 10 nitrogen and oxygen atoms in total. The second-order valence-electron chi connectivity index (χ2n) is 18.2. The van der Waals surface area contributed by atoms with Crippen molar-refractivity contribution in [3.8, 4) is 33.8 Å². The summed E-state index contributed by atoms with van der Waals surface area (Å²) in [6.45, 7) is 9.32. The van der Waals surface area contributed by atoms with Crippen LogP contribution in [-0.2, 0) is 0 Å². The van der Waals surface area contributed by atoms with Crippen LogP contribution < -0.4 is 20.1 Å². The molecule has 0 unspecified atom stereocenters. The van der Waals surface area contributed by atoms with Gasteiger partial charge in [0.1, 0.15) is 11.5 Å². The molecule has 0 aliphatic carbocycles. The fourth-order valence-electron chi connectivity index (χ4n) is 7.85. The van der Waals surface area contributed by atoms with Crippen molar-refractivity contribution in [1.29, 1.82) is 0 Å². The molecule has 3 aromatic carbocycles. The molecule has 3 aromatic rings. The first kappa shape index (κ1) is 54.8. The molecule has 0 fully saturated rings. The Bertz CT molecular complexity index is 1600. The third-order valence-corrected chi connectivity index (χ3v) is 14.3. The van der Waals surface area contributed by atoms with Gasteiger partial charge in [-0.3, -0.25) is 9.59 Å². The number of carbonyl (C=O) groups is 2. The Morgan fingerprint density at radius 2 is 0.750 bits per heavy atom. The van der Waals surface area contributed by atoms with Gasteiger partial charge in [-0.2, -0.15) is 0 Å². The van der Waals surface area contributed by atoms with Crippen molar-refractivity contribution < 1.29 is 38.2 Å². The zero-order valence-electron chi connectivity index (χ0n) is 40.0. The maximum Gasteiger partial charge on any atom is 0.329 e. The van der Waals surface area contributed by atoms with Crippen molar-refractivity contribution in [1.82, 2.24) is 10.6 Å². The van der Waals surface area contributed by atoms with Gasteiger partial charge in [0.25, 0.3) is 11.8 Å². The Morgan fingerprint density at radius 1 is 0.453 bits per heavy atom. The lowest BCUT2D eigenvalue weighted by Gasteiger charge is -2.19. The molecule has 358 valence electrons. The van der Waals surface area contributed by atoms with E-state index in [4.69, 9.17) is 9.47 Å². The van der Waals surface area contributed by atoms with Crippen LogP contribution in [0.15, 0.2) is 60.7 Å². The van der Waals surface area contributed by atoms with Crippen molar-refractivity contribution in [2.45, 2.75) is 180 Å². The number of hydrogen-bond donors (Lipinski definition) is 6. The minimum Gasteiger partial charge on any atom is -0.493 e. The summed E-state index contributed by atoms with van der Waals surface area (Å²) in [5, 5.41) is 5.80. The van der Waals surface area contributed by atoms with Crippen LogP contribution in [-0.4, -0.2) is 74.4 Å². The second kappa shape index (κ2) is 31.4. The lowest BCUT2D eigenvalue weighted by Crippen LogP contribution is -2.32. The second-order valence-corrected chi connectivity index (χ2v) is 24.1. The van der Waals surface area contributed by atoms with Crippen LogP contribution in [0.5, 0.6) is 11.5 Å². The van der Waals surface area contributed by atoms with Crippen LogP contribution in [0.1, 0.15) is 176 Å². The van der Waals surface area contributed by atoms with Crippen LogP contribution in [0.2, 0.25) is 25.2 Å². The van der Waals surface area contributed by atoms with Gasteiger partial charge >= 0.3 is 17.1 Å². The van der Waals surface area contributed by atoms with Gasteiger partial charge in [-0.25, -0.2) is 0 Å². The van der Waals surface area contributed by atoms with Crippen LogP contribution in [0.25, 0.3) is 22.3 Å². The fourth-order valence-corrected chi connectivity index (χ4v) is 9.54. The quantitative estimate of drug-likeness (QED) is 0.0249. The van der Waals surface area contributed by atoms with E-state index >= 15 is 0 Å². The first-order chi connectivity index (χ1) is 30.8. The highest BCUT2D eigenvalue weighted by atomic mass is 28.4. The average molecular weight is 921 g/mol. The SMILES string of the molecule is CCCCCCCCCCCCOc1cc(-c2ccc(C(=O)NCCC[Si](C)(O)O)cc2)c(OCCCCCCCCCCCC)cc1-c1ccc(C(=O)NCCC[Si](C)(O)O)cc1. The fraction of sp³-hybridized carbons (Fsp3) is 0.615. The van der Waals surface area contributed by atoms with Crippen molar-refractivity contribution in [3.63, 3.8) is 0 Å². The summed E-state index contributed by atoms with van der Waals surface area (Å²) in [6, 6.07) is 19.7. The Hall–Kier alpha value is -3.53. The molecular weight excluding hydrogens is 837 g/mol. The molecule has 0 saturated carbocycles. The van der Waals surface area contributed by atoms with E-state index in [1.54, 1.807) is 0 Å². The Labute approximate surface area is 388 Å². The Kier molecular flexibility index (Phi) is 26.9. The topological polar surface area (TPSA) is 158 Å². The molecule has 0 spiro atoms. The minimum atomic E-state index is -3.16. The maximum atomic E-state index is 13.0. The van der Waals surface area contributed by atoms with Crippen LogP contribution in [0.3, 0.4) is 0 Å². The predicted octanol–water partition coefficient (Wildman–Crippen LogP) is 12.0. The van der Waals surface area contributed by atoms with E-state index < -0.39 is 17.1 Å². The van der Waals surface area contributed by atoms with Crippen molar-refractivity contribution >= 4 is 28.9 Å². The van der Waals surface area contributed by atoms with Crippen molar-refractivity contribution in [2.24, 2.45) is 0 Å². The Balaban J connectivity index is 1.84. The summed E-state index contributed by atoms with van der Waals surface area (Å²) in [6.07, 6.45) is 25.7. The molecule has 6 N–H and O–H groups in total. The van der Waals surface area contributed by atoms with E-state index in [0.29, 0.717) is 62.4 Å². The van der Waals surface area contributed by atoms with Gasteiger partial charge in [-0.05, 0) is 98.4 Å². The molecule has 64 heavy (non-hydrogen) atoms. The minimum absolute atomic E-state index is 0.212. The number of hydrogen-bond acceptors (Lipinski definition) is 8. The number of carbonyl (C=O) groups excluding carboxylic acids is 2. The highest BCUT2D eigenvalue weighted by Crippen LogP contribution is 2.41. The third-order valence-electron chi connectivity index (χ3n) is 11.7. The smallest absolute Gasteiger partial charge is 0.329 e. The molecule has 0 aliphatic rings. The molecule has 2 amide bonds. The zero-order chi connectivity index (χ0) is 46.5. The molecule has 0 aliphatic heterocycles. The lowest BCUT2D eigenvalue weighted by atomic mass is 9.96. The van der Waals surface area contributed by atoms with Gasteiger partial charge < -0.3 is 39.3 Å². The van der Waals surface area contributed by atoms with Gasteiger partial charge in [0.2, 0.25) is 0 Å². The first-order valence-electron chi connectivity index (χ1n) is 24.9. The number of benzene rings is 3. The Morgan fingerprint density at radius 3 is 1.05 bits per heavy atom. The normalized spacial score (nSPS) is 11.8. The molecule has 3 rings (SSSR count). The number of amides is 2. The monoisotopic (exact) mass is 921 g/mol. The van der Waals surface area contributed by atoms with Crippen LogP contribution >= 0.6 is 0 Å². The van der Waals surface area contributed by atoms with Gasteiger partial charge in [0.15, 0.2) is 0 Å². The molecule has 0 bridgehead atoms. The highest BCUT2D eigenvalue weighted by molar-refractivity contribution is 6.63. The van der Waals surface area contributed by atoms with Crippen molar-refractivity contribution in [2.75, 3.05) is 26.3 Å². The van der Waals surface area contributed by atoms with E-state index in [0.717, 1.165) is 59.4 Å². The molecular formula is C52H84N2O8Si2. The first-order valence-corrected chi connectivity index (χ1v) is 30.1. The van der Waals surface area contributed by atoms with E-state index in [-0.39, 0.29) is 11.8 Å². The van der Waals surface area contributed by atoms with Gasteiger partial charge in [-0.15, -0.1) is 0 Å². The van der Waals surface area contributed by atoms with E-state index in [1.807, 2.05) is 48.5 Å². The van der Waals surface area contributed by atoms with Crippen molar-refractivity contribution in [3.05, 3.63) is 71.8 Å². The molecule has 0 heterocycles. The summed E-state index contributed by atoms with van der Waals surface area (Å²) in [7, 11) is -6.32. The highest BCUT2D eigenvalue weighted by Gasteiger charge is 2.22. The lowest BCUT2D eigenvalue weighted by molar-refractivity contribution is 0.0945. The zero-order valence-corrected chi connectivity index (χ0v) is 42.0. The number of unbranched alkanes of at least 4 members (excludes halogenated alkanes) is 18. The summed E-state index contributed by atoms with van der Waals surface area (Å²) in [4.78, 5) is 65.0. The van der Waals surface area contributed by atoms with Gasteiger partial charge in [0.05, 0.1) is 13.2 Å². The largest absolute Gasteiger partial charge is 0.493 e. The molecule has 0 aromatic heterocycles. The van der Waals surface area contributed by atoms with Crippen LogP contribution in [0, 0.1) is 0 Å². The van der Waals surface area contributed by atoms with Gasteiger partial charge in [0, 0.05) is 35.3 Å².